The molecule has 2 saturated heterocycles. The second-order valence-corrected chi connectivity index (χ2v) is 11.8. The second kappa shape index (κ2) is 8.24. The van der Waals surface area contributed by atoms with Gasteiger partial charge >= 0.3 is 0 Å². The highest BCUT2D eigenvalue weighted by molar-refractivity contribution is 8.05. The number of hydrogen-bond acceptors (Lipinski definition) is 9. The van der Waals surface area contributed by atoms with Crippen LogP contribution in [0.15, 0.2) is 35.4 Å². The molecule has 2 fully saturated rings. The van der Waals surface area contributed by atoms with Crippen LogP contribution < -0.4 is 16.3 Å². The molecule has 1 aromatic carbocycles. The molecule has 4 heterocycles. The molecule has 9 nitrogen and oxygen atoms in total. The van der Waals surface area contributed by atoms with Crippen molar-refractivity contribution in [1.29, 1.82) is 0 Å². The number of nitrogens with zero attached hydrogens (tertiary/aromatic N) is 5. The third-order valence-corrected chi connectivity index (χ3v) is 8.60. The zero-order chi connectivity index (χ0) is 21.4. The minimum Gasteiger partial charge on any atom is -0.378 e. The van der Waals surface area contributed by atoms with Crippen LogP contribution >= 0.6 is 11.3 Å². The first kappa shape index (κ1) is 20.5. The third-order valence-electron chi connectivity index (χ3n) is 5.47. The summed E-state index contributed by atoms with van der Waals surface area (Å²) in [6, 6.07) is 9.95. The molecule has 2 aliphatic heterocycles. The van der Waals surface area contributed by atoms with E-state index in [2.05, 4.69) is 21.6 Å². The Morgan fingerprint density at radius 3 is 2.84 bits per heavy atom. The summed E-state index contributed by atoms with van der Waals surface area (Å²) in [4.78, 5) is 13.3. The highest BCUT2D eigenvalue weighted by Crippen LogP contribution is 2.37. The Morgan fingerprint density at radius 2 is 2.10 bits per heavy atom. The van der Waals surface area contributed by atoms with Crippen LogP contribution in [0.1, 0.15) is 10.4 Å². The quantitative estimate of drug-likeness (QED) is 0.168. The molecule has 0 bridgehead atoms. The molecule has 0 radical (unpaired) electrons. The Labute approximate surface area is 185 Å². The van der Waals surface area contributed by atoms with Gasteiger partial charge in [0, 0.05) is 41.9 Å². The summed E-state index contributed by atoms with van der Waals surface area (Å²) in [5.41, 5.74) is 4.97. The number of morpholine rings is 1. The van der Waals surface area contributed by atoms with E-state index in [4.69, 9.17) is 20.5 Å². The van der Waals surface area contributed by atoms with Crippen molar-refractivity contribution < 1.29 is 8.95 Å². The molecule has 3 aromatic rings. The Hall–Kier alpha value is -2.44. The van der Waals surface area contributed by atoms with Crippen LogP contribution in [0.3, 0.4) is 0 Å². The lowest BCUT2D eigenvalue weighted by molar-refractivity contribution is 0.122. The topological polar surface area (TPSA) is 109 Å². The largest absolute Gasteiger partial charge is 0.378 e. The number of hydrazine groups is 1. The van der Waals surface area contributed by atoms with Gasteiger partial charge in [-0.15, -0.1) is 11.3 Å². The van der Waals surface area contributed by atoms with E-state index >= 15 is 0 Å². The van der Waals surface area contributed by atoms with E-state index in [0.29, 0.717) is 31.5 Å². The molecule has 0 aliphatic carbocycles. The predicted molar refractivity (Wildman–Crippen MR) is 127 cm³/mol. The maximum absolute atomic E-state index is 12.2. The maximum atomic E-state index is 12.2. The number of hydrogen-bond donors (Lipinski definition) is 3. The van der Waals surface area contributed by atoms with Gasteiger partial charge in [-0.1, -0.05) is 24.3 Å². The summed E-state index contributed by atoms with van der Waals surface area (Å²) in [6.07, 6.45) is 3.50. The molecule has 2 aliphatic rings. The molecule has 5 rings (SSSR count). The first-order chi connectivity index (χ1) is 15.0. The molecule has 31 heavy (non-hydrogen) atoms. The second-order valence-electron chi connectivity index (χ2n) is 7.73. The maximum Gasteiger partial charge on any atom is 0.162 e. The molecule has 1 atom stereocenters. The molecule has 0 amide bonds. The van der Waals surface area contributed by atoms with Gasteiger partial charge < -0.3 is 9.64 Å². The summed E-state index contributed by atoms with van der Waals surface area (Å²) in [7, 11) is -2.07. The zero-order valence-corrected chi connectivity index (χ0v) is 18.9. The van der Waals surface area contributed by atoms with Crippen LogP contribution in [0, 0.1) is 0 Å². The average Bonchev–Trinajstić information content (AvgIpc) is 3.18. The molecule has 0 spiro atoms. The Morgan fingerprint density at radius 1 is 1.32 bits per heavy atom. The van der Waals surface area contributed by atoms with E-state index in [1.165, 1.54) is 0 Å². The van der Waals surface area contributed by atoms with Gasteiger partial charge in [-0.3, -0.25) is 4.21 Å². The molecule has 3 N–H and O–H groups in total. The molecule has 0 saturated carbocycles. The van der Waals surface area contributed by atoms with Crippen molar-refractivity contribution in [2.75, 3.05) is 43.3 Å². The van der Waals surface area contributed by atoms with Crippen LogP contribution in [0.25, 0.3) is 21.6 Å². The van der Waals surface area contributed by atoms with Crippen molar-refractivity contribution in [3.05, 3.63) is 40.8 Å². The smallest absolute Gasteiger partial charge is 0.162 e. The monoisotopic (exact) mass is 459 g/mol. The van der Waals surface area contributed by atoms with Crippen LogP contribution in [0.4, 0.5) is 5.82 Å². The Bertz CT molecular complexity index is 1190. The standard InChI is InChI=1S/C20H25N7O2S2/c1-31(28)13-27(31)12-15-10-17-18(30-15)20(26-6-8-29-9-7-26)24-19(23-17)16-5-3-2-4-14(16)11-22-25-21/h2-5,10-11,25,31H,6-9,12-13,21H2,1H3/b22-11-. The van der Waals surface area contributed by atoms with Crippen molar-refractivity contribution in [3.8, 4) is 11.4 Å². The third kappa shape index (κ3) is 4.19. The Balaban J connectivity index is 1.61. The van der Waals surface area contributed by atoms with E-state index in [9.17, 15) is 4.21 Å². The number of ether oxygens (including phenoxy) is 1. The number of nitrogens with two attached hydrogens (primary N) is 1. The predicted octanol–water partition coefficient (Wildman–Crippen LogP) is 1.33. The highest BCUT2D eigenvalue weighted by Gasteiger charge is 2.36. The van der Waals surface area contributed by atoms with Gasteiger partial charge in [0.1, 0.15) is 0 Å². The minimum absolute atomic E-state index is 0.644. The number of fused-ring (bicyclic) bond motifs is 1. The number of thiol groups is 1. The lowest BCUT2D eigenvalue weighted by atomic mass is 10.1. The summed E-state index contributed by atoms with van der Waals surface area (Å²) < 4.78 is 20.8. The number of anilines is 1. The fourth-order valence-electron chi connectivity index (χ4n) is 3.73. The van der Waals surface area contributed by atoms with Gasteiger partial charge in [0.15, 0.2) is 11.6 Å². The lowest BCUT2D eigenvalue weighted by Gasteiger charge is -2.28. The molecular weight excluding hydrogens is 434 g/mol. The van der Waals surface area contributed by atoms with Crippen LogP contribution in [0.5, 0.6) is 0 Å². The number of benzene rings is 1. The fraction of sp³-hybridized carbons (Fsp3) is 0.350. The zero-order valence-electron chi connectivity index (χ0n) is 17.2. The molecule has 164 valence electrons. The van der Waals surface area contributed by atoms with Gasteiger partial charge in [-0.05, 0) is 16.2 Å². The van der Waals surface area contributed by atoms with E-state index in [0.717, 1.165) is 45.1 Å². The SMILES string of the molecule is C[SH]1(=O)CN1Cc1cc2nc(-c3ccccc3/C=N\NN)nc(N3CCOCC3)c2s1. The lowest BCUT2D eigenvalue weighted by Crippen LogP contribution is -2.36. The van der Waals surface area contributed by atoms with E-state index < -0.39 is 10.1 Å². The first-order valence-electron chi connectivity index (χ1n) is 10.1. The number of rotatable bonds is 6. The first-order valence-corrected chi connectivity index (χ1v) is 13.2. The van der Waals surface area contributed by atoms with Gasteiger partial charge in [-0.25, -0.2) is 25.7 Å². The van der Waals surface area contributed by atoms with Crippen molar-refractivity contribution >= 4 is 43.7 Å². The van der Waals surface area contributed by atoms with E-state index in [1.807, 2.05) is 34.8 Å². The summed E-state index contributed by atoms with van der Waals surface area (Å²) in [5.74, 6) is 7.57. The van der Waals surface area contributed by atoms with Crippen LogP contribution in [-0.2, 0) is 21.4 Å². The summed E-state index contributed by atoms with van der Waals surface area (Å²) >= 11 is 1.69. The van der Waals surface area contributed by atoms with Crippen molar-refractivity contribution in [1.82, 2.24) is 19.8 Å². The van der Waals surface area contributed by atoms with Crippen molar-refractivity contribution in [2.24, 2.45) is 10.9 Å². The van der Waals surface area contributed by atoms with Crippen LogP contribution in [-0.4, -0.2) is 63.1 Å². The summed E-state index contributed by atoms with van der Waals surface area (Å²) in [6.45, 7) is 3.62. The highest BCUT2D eigenvalue weighted by atomic mass is 32.3. The van der Waals surface area contributed by atoms with Gasteiger partial charge in [0.25, 0.3) is 0 Å². The number of thiophene rings is 1. The van der Waals surface area contributed by atoms with E-state index in [1.54, 1.807) is 17.6 Å². The normalized spacial score (nSPS) is 21.5. The van der Waals surface area contributed by atoms with Crippen molar-refractivity contribution in [2.45, 2.75) is 6.54 Å². The number of hydrazone groups is 1. The molecule has 1 unspecified atom stereocenters. The van der Waals surface area contributed by atoms with Gasteiger partial charge in [-0.2, -0.15) is 5.10 Å². The van der Waals surface area contributed by atoms with Gasteiger partial charge in [0.05, 0.1) is 35.5 Å². The molecular formula is C20H25N7O2S2. The summed E-state index contributed by atoms with van der Waals surface area (Å²) in [5, 5.41) is 3.95. The Kier molecular flexibility index (Phi) is 5.44. The van der Waals surface area contributed by atoms with E-state index in [-0.39, 0.29) is 0 Å². The van der Waals surface area contributed by atoms with Gasteiger partial charge in [0.2, 0.25) is 0 Å². The minimum atomic E-state index is -2.07. The fourth-order valence-corrected chi connectivity index (χ4v) is 6.59. The average molecular weight is 460 g/mol. The van der Waals surface area contributed by atoms with Crippen molar-refractivity contribution in [3.63, 3.8) is 0 Å². The molecule has 2 aromatic heterocycles. The number of nitrogens with one attached hydrogen (secondary N) is 1. The van der Waals surface area contributed by atoms with Crippen LogP contribution in [0.2, 0.25) is 0 Å². The molecule has 11 heteroatoms. The number of aromatic nitrogens is 2.